The lowest BCUT2D eigenvalue weighted by Crippen LogP contribution is -2.10. The molecular weight excluding hydrogens is 260 g/mol. The maximum Gasteiger partial charge on any atom is 0.330 e. The Morgan fingerprint density at radius 3 is 2.48 bits per heavy atom. The van der Waals surface area contributed by atoms with Gasteiger partial charge in [-0.1, -0.05) is 70.4 Å². The van der Waals surface area contributed by atoms with Crippen LogP contribution >= 0.6 is 0 Å². The molecule has 0 fully saturated rings. The van der Waals surface area contributed by atoms with Crippen molar-refractivity contribution in [3.63, 3.8) is 0 Å². The predicted molar refractivity (Wildman–Crippen MR) is 88.9 cm³/mol. The van der Waals surface area contributed by atoms with Crippen molar-refractivity contribution >= 4 is 12.0 Å². The number of benzene rings is 1. The maximum atomic E-state index is 11.6. The van der Waals surface area contributed by atoms with Crippen LogP contribution in [0.5, 0.6) is 0 Å². The van der Waals surface area contributed by atoms with Crippen LogP contribution in [0, 0.1) is 11.8 Å². The molecule has 1 aromatic rings. The van der Waals surface area contributed by atoms with Gasteiger partial charge in [-0.05, 0) is 29.9 Å². The summed E-state index contributed by atoms with van der Waals surface area (Å²) in [6.07, 6.45) is 8.14. The third-order valence-corrected chi connectivity index (χ3v) is 3.81. The van der Waals surface area contributed by atoms with Crippen molar-refractivity contribution in [2.75, 3.05) is 6.61 Å². The molecule has 2 heteroatoms. The molecule has 116 valence electrons. The lowest BCUT2D eigenvalue weighted by Gasteiger charge is -2.13. The van der Waals surface area contributed by atoms with Crippen LogP contribution in [-0.2, 0) is 9.53 Å². The average Bonchev–Trinajstić information content (AvgIpc) is 2.51. The highest BCUT2D eigenvalue weighted by molar-refractivity contribution is 5.87. The first-order valence-electron chi connectivity index (χ1n) is 8.01. The van der Waals surface area contributed by atoms with Crippen LogP contribution in [0.4, 0.5) is 0 Å². The van der Waals surface area contributed by atoms with Crippen molar-refractivity contribution in [1.29, 1.82) is 0 Å². The van der Waals surface area contributed by atoms with Crippen LogP contribution in [0.25, 0.3) is 6.08 Å². The molecule has 21 heavy (non-hydrogen) atoms. The number of rotatable bonds is 9. The Morgan fingerprint density at radius 2 is 1.81 bits per heavy atom. The second-order valence-electron chi connectivity index (χ2n) is 5.92. The fourth-order valence-electron chi connectivity index (χ4n) is 2.10. The van der Waals surface area contributed by atoms with Gasteiger partial charge in [0.25, 0.3) is 0 Å². The van der Waals surface area contributed by atoms with E-state index in [4.69, 9.17) is 4.74 Å². The van der Waals surface area contributed by atoms with E-state index in [9.17, 15) is 4.79 Å². The Morgan fingerprint density at radius 1 is 1.14 bits per heavy atom. The molecule has 2 atom stereocenters. The lowest BCUT2D eigenvalue weighted by molar-refractivity contribution is -0.138. The van der Waals surface area contributed by atoms with Crippen LogP contribution in [0.15, 0.2) is 36.4 Å². The van der Waals surface area contributed by atoms with Gasteiger partial charge in [0.15, 0.2) is 0 Å². The molecule has 1 rings (SSSR count). The maximum absolute atomic E-state index is 11.6. The molecular formula is C19H28O2. The largest absolute Gasteiger partial charge is 0.462 e. The van der Waals surface area contributed by atoms with E-state index in [1.165, 1.54) is 25.3 Å². The molecule has 0 bridgehead atoms. The number of hydrogen-bond acceptors (Lipinski definition) is 2. The van der Waals surface area contributed by atoms with E-state index in [0.29, 0.717) is 12.5 Å². The minimum atomic E-state index is -0.257. The summed E-state index contributed by atoms with van der Waals surface area (Å²) in [5.41, 5.74) is 1.01. The number of ether oxygens (including phenoxy) is 1. The number of hydrogen-bond donors (Lipinski definition) is 0. The van der Waals surface area contributed by atoms with Gasteiger partial charge in [0.1, 0.15) is 0 Å². The predicted octanol–water partition coefficient (Wildman–Crippen LogP) is 5.10. The van der Waals surface area contributed by atoms with E-state index in [1.54, 1.807) is 6.08 Å². The second-order valence-corrected chi connectivity index (χ2v) is 5.92. The molecule has 0 aliphatic carbocycles. The molecule has 0 amide bonds. The number of carbonyl (C=O) groups excluding carboxylic acids is 1. The third kappa shape index (κ3) is 8.34. The van der Waals surface area contributed by atoms with Gasteiger partial charge in [-0.15, -0.1) is 0 Å². The first-order valence-corrected chi connectivity index (χ1v) is 8.01. The van der Waals surface area contributed by atoms with Crippen molar-refractivity contribution in [3.8, 4) is 0 Å². The zero-order chi connectivity index (χ0) is 15.5. The molecule has 0 saturated carbocycles. The summed E-state index contributed by atoms with van der Waals surface area (Å²) < 4.78 is 5.28. The number of esters is 1. The van der Waals surface area contributed by atoms with E-state index >= 15 is 0 Å². The van der Waals surface area contributed by atoms with Crippen molar-refractivity contribution in [2.24, 2.45) is 11.8 Å². The Hall–Kier alpha value is -1.57. The minimum Gasteiger partial charge on any atom is -0.462 e. The normalized spacial score (nSPS) is 14.0. The first-order chi connectivity index (χ1) is 10.1. The van der Waals surface area contributed by atoms with E-state index in [2.05, 4.69) is 20.8 Å². The van der Waals surface area contributed by atoms with Crippen LogP contribution in [0.2, 0.25) is 0 Å². The van der Waals surface area contributed by atoms with Gasteiger partial charge >= 0.3 is 5.97 Å². The average molecular weight is 288 g/mol. The van der Waals surface area contributed by atoms with Crippen molar-refractivity contribution < 1.29 is 9.53 Å². The molecule has 0 N–H and O–H groups in total. The summed E-state index contributed by atoms with van der Waals surface area (Å²) in [4.78, 5) is 11.6. The monoisotopic (exact) mass is 288 g/mol. The van der Waals surface area contributed by atoms with Crippen molar-refractivity contribution in [2.45, 2.75) is 46.5 Å². The highest BCUT2D eigenvalue weighted by Crippen LogP contribution is 2.15. The zero-order valence-electron chi connectivity index (χ0n) is 13.5. The summed E-state index contributed by atoms with van der Waals surface area (Å²) in [5.74, 6) is 0.976. The highest BCUT2D eigenvalue weighted by Gasteiger charge is 2.06. The van der Waals surface area contributed by atoms with Gasteiger partial charge in [-0.3, -0.25) is 0 Å². The quantitative estimate of drug-likeness (QED) is 0.467. The van der Waals surface area contributed by atoms with Crippen LogP contribution in [0.3, 0.4) is 0 Å². The molecule has 2 nitrogen and oxygen atoms in total. The fourth-order valence-corrected chi connectivity index (χ4v) is 2.10. The molecule has 0 spiro atoms. The number of carbonyl (C=O) groups is 1. The molecule has 2 unspecified atom stereocenters. The van der Waals surface area contributed by atoms with Gasteiger partial charge < -0.3 is 4.74 Å². The molecule has 0 heterocycles. The zero-order valence-corrected chi connectivity index (χ0v) is 13.5. The van der Waals surface area contributed by atoms with Crippen LogP contribution in [0.1, 0.15) is 52.0 Å². The van der Waals surface area contributed by atoms with Gasteiger partial charge in [0.05, 0.1) is 6.61 Å². The molecule has 0 aliphatic rings. The summed E-state index contributed by atoms with van der Waals surface area (Å²) in [6.45, 7) is 7.18. The Kier molecular flexibility index (Phi) is 8.49. The van der Waals surface area contributed by atoms with Gasteiger partial charge in [-0.2, -0.15) is 0 Å². The molecule has 0 aliphatic heterocycles. The SMILES string of the molecule is CCC(C)CCCC(C)COC(=O)/C=C/c1ccccc1. The van der Waals surface area contributed by atoms with E-state index in [0.717, 1.165) is 17.9 Å². The van der Waals surface area contributed by atoms with Crippen LogP contribution < -0.4 is 0 Å². The van der Waals surface area contributed by atoms with E-state index < -0.39 is 0 Å². The van der Waals surface area contributed by atoms with Gasteiger partial charge in [-0.25, -0.2) is 4.79 Å². The first kappa shape index (κ1) is 17.5. The Labute approximate surface area is 129 Å². The van der Waals surface area contributed by atoms with Crippen LogP contribution in [-0.4, -0.2) is 12.6 Å². The van der Waals surface area contributed by atoms with Crippen molar-refractivity contribution in [3.05, 3.63) is 42.0 Å². The molecule has 0 saturated heterocycles. The van der Waals surface area contributed by atoms with Gasteiger partial charge in [0.2, 0.25) is 0 Å². The fraction of sp³-hybridized carbons (Fsp3) is 0.526. The van der Waals surface area contributed by atoms with Crippen molar-refractivity contribution in [1.82, 2.24) is 0 Å². The smallest absolute Gasteiger partial charge is 0.330 e. The molecule has 0 aromatic heterocycles. The Bertz CT molecular complexity index is 422. The Balaban J connectivity index is 2.19. The highest BCUT2D eigenvalue weighted by atomic mass is 16.5. The van der Waals surface area contributed by atoms with E-state index in [-0.39, 0.29) is 5.97 Å². The third-order valence-electron chi connectivity index (χ3n) is 3.81. The molecule has 0 radical (unpaired) electrons. The standard InChI is InChI=1S/C19H28O2/c1-4-16(2)9-8-10-17(3)15-21-19(20)14-13-18-11-6-5-7-12-18/h5-7,11-14,16-17H,4,8-10,15H2,1-3H3/b14-13+. The second kappa shape index (κ2) is 10.2. The summed E-state index contributed by atoms with van der Waals surface area (Å²) in [6, 6.07) is 9.77. The van der Waals surface area contributed by atoms with E-state index in [1.807, 2.05) is 30.3 Å². The minimum absolute atomic E-state index is 0.257. The topological polar surface area (TPSA) is 26.3 Å². The lowest BCUT2D eigenvalue weighted by atomic mass is 9.97. The summed E-state index contributed by atoms with van der Waals surface area (Å²) in [7, 11) is 0. The summed E-state index contributed by atoms with van der Waals surface area (Å²) in [5, 5.41) is 0. The summed E-state index contributed by atoms with van der Waals surface area (Å²) >= 11 is 0. The molecule has 1 aromatic carbocycles. The van der Waals surface area contributed by atoms with Gasteiger partial charge in [0, 0.05) is 6.08 Å².